The van der Waals surface area contributed by atoms with Crippen molar-refractivity contribution in [3.63, 3.8) is 0 Å². The van der Waals surface area contributed by atoms with Crippen molar-refractivity contribution in [2.45, 2.75) is 39.0 Å². The number of benzene rings is 1. The van der Waals surface area contributed by atoms with Crippen molar-refractivity contribution >= 4 is 57.5 Å². The van der Waals surface area contributed by atoms with Gasteiger partial charge in [-0.15, -0.1) is 11.3 Å². The number of nitrogens with one attached hydrogen (secondary N) is 3. The van der Waals surface area contributed by atoms with E-state index in [4.69, 9.17) is 23.2 Å². The Hall–Kier alpha value is -2.06. The first kappa shape index (κ1) is 22.1. The van der Waals surface area contributed by atoms with E-state index in [1.54, 1.807) is 35.9 Å². The van der Waals surface area contributed by atoms with Crippen LogP contribution in [0.2, 0.25) is 10.0 Å². The number of amides is 1. The summed E-state index contributed by atoms with van der Waals surface area (Å²) in [6, 6.07) is 5.87. The summed E-state index contributed by atoms with van der Waals surface area (Å²) >= 11 is 13.9. The molecule has 3 heterocycles. The SMILES string of the molecule is CC(C)NC/C=C/C(=O)N1CCc2c(sc3c2C(Nc2ccc(Cl)c(Cl)c2)N=CN3)C1. The molecule has 0 spiro atoms. The Morgan fingerprint density at radius 1 is 1.39 bits per heavy atom. The summed E-state index contributed by atoms with van der Waals surface area (Å²) in [5.74, 6) is 0.0530. The van der Waals surface area contributed by atoms with Crippen LogP contribution in [0.15, 0.2) is 35.3 Å². The Labute approximate surface area is 196 Å². The van der Waals surface area contributed by atoms with Crippen LogP contribution in [0.3, 0.4) is 0 Å². The molecule has 1 aromatic heterocycles. The monoisotopic (exact) mass is 477 g/mol. The van der Waals surface area contributed by atoms with E-state index in [0.717, 1.165) is 22.7 Å². The zero-order chi connectivity index (χ0) is 22.0. The Kier molecular flexibility index (Phi) is 6.86. The normalized spacial score (nSPS) is 17.6. The van der Waals surface area contributed by atoms with Crippen LogP contribution in [0.5, 0.6) is 0 Å². The topological polar surface area (TPSA) is 68.8 Å². The van der Waals surface area contributed by atoms with E-state index in [1.165, 1.54) is 10.4 Å². The second-order valence-electron chi connectivity index (χ2n) is 7.82. The smallest absolute Gasteiger partial charge is 0.246 e. The molecule has 9 heteroatoms. The number of carbonyl (C=O) groups excluding carboxylic acids is 1. The van der Waals surface area contributed by atoms with Crippen LogP contribution in [0, 0.1) is 0 Å². The van der Waals surface area contributed by atoms with Gasteiger partial charge in [-0.3, -0.25) is 4.79 Å². The molecule has 1 unspecified atom stereocenters. The average molecular weight is 478 g/mol. The van der Waals surface area contributed by atoms with Crippen molar-refractivity contribution in [2.24, 2.45) is 4.99 Å². The van der Waals surface area contributed by atoms with Crippen LogP contribution in [0.25, 0.3) is 0 Å². The van der Waals surface area contributed by atoms with E-state index in [2.05, 4.69) is 34.8 Å². The van der Waals surface area contributed by atoms with Crippen molar-refractivity contribution in [3.05, 3.63) is 56.4 Å². The second-order valence-corrected chi connectivity index (χ2v) is 9.74. The molecule has 0 radical (unpaired) electrons. The van der Waals surface area contributed by atoms with E-state index >= 15 is 0 Å². The average Bonchev–Trinajstić information content (AvgIpc) is 3.12. The number of carbonyl (C=O) groups is 1. The number of halogens is 2. The molecule has 2 aliphatic rings. The number of fused-ring (bicyclic) bond motifs is 3. The van der Waals surface area contributed by atoms with Gasteiger partial charge in [-0.25, -0.2) is 4.99 Å². The predicted octanol–water partition coefficient (Wildman–Crippen LogP) is 5.06. The molecule has 3 N–H and O–H groups in total. The highest BCUT2D eigenvalue weighted by Crippen LogP contribution is 2.43. The zero-order valence-electron chi connectivity index (χ0n) is 17.4. The van der Waals surface area contributed by atoms with Crippen LogP contribution < -0.4 is 16.0 Å². The molecule has 1 aromatic carbocycles. The first-order chi connectivity index (χ1) is 14.9. The van der Waals surface area contributed by atoms with Crippen molar-refractivity contribution < 1.29 is 4.79 Å². The molecule has 0 fully saturated rings. The summed E-state index contributed by atoms with van der Waals surface area (Å²) in [6.07, 6.45) is 5.88. The number of nitrogens with zero attached hydrogens (tertiary/aromatic N) is 2. The number of anilines is 2. The summed E-state index contributed by atoms with van der Waals surface area (Å²) in [7, 11) is 0. The van der Waals surface area contributed by atoms with Gasteiger partial charge in [-0.05, 0) is 30.2 Å². The molecule has 164 valence electrons. The predicted molar refractivity (Wildman–Crippen MR) is 131 cm³/mol. The van der Waals surface area contributed by atoms with Crippen LogP contribution in [-0.4, -0.2) is 36.3 Å². The van der Waals surface area contributed by atoms with Crippen molar-refractivity contribution in [3.8, 4) is 0 Å². The van der Waals surface area contributed by atoms with Gasteiger partial charge in [-0.1, -0.05) is 43.1 Å². The fourth-order valence-electron chi connectivity index (χ4n) is 3.68. The maximum absolute atomic E-state index is 12.6. The van der Waals surface area contributed by atoms with Crippen molar-refractivity contribution in [2.75, 3.05) is 23.7 Å². The lowest BCUT2D eigenvalue weighted by Crippen LogP contribution is -2.35. The van der Waals surface area contributed by atoms with Gasteiger partial charge in [0.1, 0.15) is 11.2 Å². The van der Waals surface area contributed by atoms with Gasteiger partial charge in [0.2, 0.25) is 5.91 Å². The summed E-state index contributed by atoms with van der Waals surface area (Å²) in [5.41, 5.74) is 3.28. The minimum absolute atomic E-state index is 0.0530. The lowest BCUT2D eigenvalue weighted by atomic mass is 10.00. The Bertz CT molecular complexity index is 1030. The van der Waals surface area contributed by atoms with Crippen LogP contribution >= 0.6 is 34.5 Å². The van der Waals surface area contributed by atoms with Gasteiger partial charge in [0.15, 0.2) is 0 Å². The van der Waals surface area contributed by atoms with Crippen molar-refractivity contribution in [1.82, 2.24) is 10.2 Å². The number of aliphatic imine (C=N–C) groups is 1. The Morgan fingerprint density at radius 2 is 2.23 bits per heavy atom. The van der Waals surface area contributed by atoms with Crippen molar-refractivity contribution in [1.29, 1.82) is 0 Å². The van der Waals surface area contributed by atoms with E-state index in [0.29, 0.717) is 35.7 Å². The van der Waals surface area contributed by atoms with Gasteiger partial charge in [0.05, 0.1) is 22.9 Å². The third-order valence-electron chi connectivity index (χ3n) is 5.23. The molecule has 2 aromatic rings. The molecule has 0 aliphatic carbocycles. The number of hydrogen-bond donors (Lipinski definition) is 3. The van der Waals surface area contributed by atoms with Gasteiger partial charge in [0.25, 0.3) is 0 Å². The molecule has 0 bridgehead atoms. The number of rotatable bonds is 6. The fourth-order valence-corrected chi connectivity index (χ4v) is 5.24. The molecular weight excluding hydrogens is 453 g/mol. The highest BCUT2D eigenvalue weighted by atomic mass is 35.5. The molecule has 1 atom stereocenters. The third-order valence-corrected chi connectivity index (χ3v) is 7.13. The molecule has 0 saturated heterocycles. The fraction of sp³-hybridized carbons (Fsp3) is 0.364. The number of hydrogen-bond acceptors (Lipinski definition) is 6. The maximum atomic E-state index is 12.6. The lowest BCUT2D eigenvalue weighted by molar-refractivity contribution is -0.126. The highest BCUT2D eigenvalue weighted by Gasteiger charge is 2.31. The highest BCUT2D eigenvalue weighted by molar-refractivity contribution is 7.16. The molecule has 1 amide bonds. The van der Waals surface area contributed by atoms with Crippen LogP contribution in [0.1, 0.15) is 36.0 Å². The van der Waals surface area contributed by atoms with Gasteiger partial charge in [-0.2, -0.15) is 0 Å². The lowest BCUT2D eigenvalue weighted by Gasteiger charge is -2.28. The van der Waals surface area contributed by atoms with Gasteiger partial charge in [0, 0.05) is 41.3 Å². The number of thiophene rings is 1. The van der Waals surface area contributed by atoms with Gasteiger partial charge >= 0.3 is 0 Å². The standard InChI is InChI=1S/C22H25Cl2N5OS/c1-13(2)25-8-3-4-19(30)29-9-7-15-18(11-29)31-22-20(15)21(26-12-27-22)28-14-5-6-16(23)17(24)10-14/h3-6,10,12-13,21,25,28H,7-9,11H2,1-2H3,(H,26,27)/b4-3+. The molecular formula is C22H25Cl2N5OS. The van der Waals surface area contributed by atoms with Crippen LogP contribution in [-0.2, 0) is 17.8 Å². The Morgan fingerprint density at radius 3 is 3.00 bits per heavy atom. The molecule has 2 aliphatic heterocycles. The van der Waals surface area contributed by atoms with E-state index < -0.39 is 0 Å². The summed E-state index contributed by atoms with van der Waals surface area (Å²) < 4.78 is 0. The Balaban J connectivity index is 1.48. The maximum Gasteiger partial charge on any atom is 0.246 e. The quantitative estimate of drug-likeness (QED) is 0.508. The summed E-state index contributed by atoms with van der Waals surface area (Å²) in [5, 5.41) is 12.1. The summed E-state index contributed by atoms with van der Waals surface area (Å²) in [6.45, 7) is 6.18. The molecule has 6 nitrogen and oxygen atoms in total. The first-order valence-electron chi connectivity index (χ1n) is 10.3. The molecule has 0 saturated carbocycles. The molecule has 31 heavy (non-hydrogen) atoms. The minimum atomic E-state index is -0.210. The molecule has 4 rings (SSSR count). The third kappa shape index (κ3) is 5.06. The van der Waals surface area contributed by atoms with Gasteiger partial charge < -0.3 is 20.9 Å². The first-order valence-corrected chi connectivity index (χ1v) is 11.8. The van der Waals surface area contributed by atoms with E-state index in [9.17, 15) is 4.79 Å². The zero-order valence-corrected chi connectivity index (χ0v) is 19.7. The largest absolute Gasteiger partial charge is 0.360 e. The van der Waals surface area contributed by atoms with E-state index in [1.807, 2.05) is 17.0 Å². The minimum Gasteiger partial charge on any atom is -0.360 e. The second kappa shape index (κ2) is 9.61. The van der Waals surface area contributed by atoms with E-state index in [-0.39, 0.29) is 12.1 Å². The van der Waals surface area contributed by atoms with Crippen LogP contribution in [0.4, 0.5) is 10.7 Å². The summed E-state index contributed by atoms with van der Waals surface area (Å²) in [4.78, 5) is 20.3.